The maximum Gasteiger partial charge on any atom is 0.271 e. The lowest BCUT2D eigenvalue weighted by molar-refractivity contribution is -0.116. The number of benzene rings is 2. The van der Waals surface area contributed by atoms with Crippen molar-refractivity contribution in [2.75, 3.05) is 11.1 Å². The third-order valence-electron chi connectivity index (χ3n) is 4.90. The van der Waals surface area contributed by atoms with Gasteiger partial charge in [-0.05, 0) is 59.8 Å². The van der Waals surface area contributed by atoms with Gasteiger partial charge in [-0.25, -0.2) is 12.7 Å². The highest BCUT2D eigenvalue weighted by Gasteiger charge is 2.32. The van der Waals surface area contributed by atoms with Gasteiger partial charge in [0.2, 0.25) is 12.7 Å². The van der Waals surface area contributed by atoms with Gasteiger partial charge in [0.25, 0.3) is 10.0 Å². The first-order chi connectivity index (χ1) is 14.9. The Balaban J connectivity index is 1.58. The van der Waals surface area contributed by atoms with Crippen LogP contribution in [0.2, 0.25) is 0 Å². The summed E-state index contributed by atoms with van der Waals surface area (Å²) in [7, 11) is -4.11. The van der Waals surface area contributed by atoms with E-state index in [0.717, 1.165) is 21.6 Å². The number of carbonyl (C=O) groups is 1. The van der Waals surface area contributed by atoms with Gasteiger partial charge in [0.1, 0.15) is 11.0 Å². The van der Waals surface area contributed by atoms with E-state index in [2.05, 4.69) is 8.75 Å². The topological polar surface area (TPSA) is 98.7 Å². The zero-order valence-corrected chi connectivity index (χ0v) is 18.6. The van der Waals surface area contributed by atoms with Crippen LogP contribution in [0.5, 0.6) is 11.5 Å². The van der Waals surface area contributed by atoms with Gasteiger partial charge in [0, 0.05) is 5.38 Å². The normalized spacial score (nSPS) is 12.9. The molecule has 0 saturated carbocycles. The average molecular weight is 474 g/mol. The second kappa shape index (κ2) is 7.59. The summed E-state index contributed by atoms with van der Waals surface area (Å²) in [6.45, 7) is 1.96. The number of ether oxygens (including phenoxy) is 2. The number of anilines is 1. The number of sulfonamides is 1. The van der Waals surface area contributed by atoms with E-state index in [9.17, 15) is 13.2 Å². The van der Waals surface area contributed by atoms with E-state index in [1.807, 2.05) is 6.92 Å². The summed E-state index contributed by atoms with van der Waals surface area (Å²) in [5.41, 5.74) is 2.86. The van der Waals surface area contributed by atoms with Crippen molar-refractivity contribution in [2.24, 2.45) is 0 Å². The Kier molecular flexibility index (Phi) is 4.88. The molecule has 0 unspecified atom stereocenters. The van der Waals surface area contributed by atoms with Crippen molar-refractivity contribution in [1.82, 2.24) is 8.75 Å². The number of rotatable bonds is 5. The van der Waals surface area contributed by atoms with E-state index in [1.54, 1.807) is 35.7 Å². The van der Waals surface area contributed by atoms with Crippen LogP contribution in [0, 0.1) is 6.92 Å². The summed E-state index contributed by atoms with van der Waals surface area (Å²) in [4.78, 5) is 13.5. The highest BCUT2D eigenvalue weighted by molar-refractivity contribution is 7.93. The fourth-order valence-corrected chi connectivity index (χ4v) is 6.28. The molecule has 0 bridgehead atoms. The van der Waals surface area contributed by atoms with Gasteiger partial charge in [0.15, 0.2) is 11.5 Å². The van der Waals surface area contributed by atoms with Gasteiger partial charge >= 0.3 is 0 Å². The smallest absolute Gasteiger partial charge is 0.271 e. The SMILES string of the molecule is Cc1cc2c(cc1CC(=O)N(c1ccc3nsnc3c1)S(=O)(=O)c1ccsc1)OCO2. The van der Waals surface area contributed by atoms with Crippen LogP contribution in [0.3, 0.4) is 0 Å². The highest BCUT2D eigenvalue weighted by atomic mass is 32.2. The Bertz CT molecular complexity index is 1400. The molecular weight excluding hydrogens is 458 g/mol. The Morgan fingerprint density at radius 3 is 2.65 bits per heavy atom. The minimum atomic E-state index is -4.11. The minimum absolute atomic E-state index is 0.0600. The fourth-order valence-electron chi connectivity index (χ4n) is 3.33. The number of hydrogen-bond donors (Lipinski definition) is 0. The predicted octanol–water partition coefficient (Wildman–Crippen LogP) is 3.75. The van der Waals surface area contributed by atoms with E-state index in [1.165, 1.54) is 22.8 Å². The zero-order chi connectivity index (χ0) is 21.6. The van der Waals surface area contributed by atoms with E-state index in [0.29, 0.717) is 28.1 Å². The number of carbonyl (C=O) groups excluding carboxylic acids is 1. The van der Waals surface area contributed by atoms with Crippen LogP contribution in [0.25, 0.3) is 11.0 Å². The van der Waals surface area contributed by atoms with Gasteiger partial charge < -0.3 is 9.47 Å². The number of nitrogens with zero attached hydrogens (tertiary/aromatic N) is 3. The number of aryl methyl sites for hydroxylation is 1. The number of aromatic nitrogens is 2. The molecule has 0 spiro atoms. The molecule has 0 radical (unpaired) electrons. The number of fused-ring (bicyclic) bond motifs is 2. The van der Waals surface area contributed by atoms with Crippen LogP contribution in [-0.4, -0.2) is 29.9 Å². The molecule has 2 aromatic carbocycles. The molecule has 0 fully saturated rings. The molecule has 0 atom stereocenters. The molecule has 0 saturated heterocycles. The summed E-state index contributed by atoms with van der Waals surface area (Å²) < 4.78 is 46.7. The first-order valence-electron chi connectivity index (χ1n) is 9.15. The van der Waals surface area contributed by atoms with Gasteiger partial charge in [-0.1, -0.05) is 0 Å². The summed E-state index contributed by atoms with van der Waals surface area (Å²) in [5, 5.41) is 3.16. The maximum atomic E-state index is 13.4. The van der Waals surface area contributed by atoms with Crippen molar-refractivity contribution in [1.29, 1.82) is 0 Å². The van der Waals surface area contributed by atoms with Crippen molar-refractivity contribution in [3.8, 4) is 11.5 Å². The minimum Gasteiger partial charge on any atom is -0.454 e. The Labute approximate surface area is 186 Å². The van der Waals surface area contributed by atoms with E-state index in [4.69, 9.17) is 9.47 Å². The van der Waals surface area contributed by atoms with Crippen molar-refractivity contribution >= 4 is 55.7 Å². The molecule has 11 heteroatoms. The number of amides is 1. The van der Waals surface area contributed by atoms with Crippen LogP contribution in [0.15, 0.2) is 52.1 Å². The molecule has 0 aliphatic carbocycles. The fraction of sp³-hybridized carbons (Fsp3) is 0.150. The molecule has 0 N–H and O–H groups in total. The highest BCUT2D eigenvalue weighted by Crippen LogP contribution is 2.35. The van der Waals surface area contributed by atoms with Crippen LogP contribution < -0.4 is 13.8 Å². The molecule has 2 aromatic heterocycles. The van der Waals surface area contributed by atoms with Crippen molar-refractivity contribution in [3.05, 3.63) is 58.3 Å². The monoisotopic (exact) mass is 473 g/mol. The second-order valence-electron chi connectivity index (χ2n) is 6.87. The van der Waals surface area contributed by atoms with Gasteiger partial charge in [-0.3, -0.25) is 4.79 Å². The van der Waals surface area contributed by atoms with E-state index in [-0.39, 0.29) is 23.8 Å². The summed E-state index contributed by atoms with van der Waals surface area (Å²) >= 11 is 2.27. The standard InChI is InChI=1S/C20H15N3O5S3/c1-12-6-18-19(28-11-27-18)7-13(12)8-20(24)23(31(25,26)15-4-5-29-10-15)14-2-3-16-17(9-14)22-30-21-16/h2-7,9-10H,8,11H2,1H3. The van der Waals surface area contributed by atoms with Gasteiger partial charge in [-0.15, -0.1) is 0 Å². The third-order valence-corrected chi connectivity index (χ3v) is 8.04. The Morgan fingerprint density at radius 1 is 1.10 bits per heavy atom. The molecule has 8 nitrogen and oxygen atoms in total. The quantitative estimate of drug-likeness (QED) is 0.435. The molecule has 1 amide bonds. The summed E-state index contributed by atoms with van der Waals surface area (Å²) in [5.74, 6) is 0.559. The molecular formula is C20H15N3O5S3. The summed E-state index contributed by atoms with van der Waals surface area (Å²) in [6.07, 6.45) is -0.126. The average Bonchev–Trinajstić information content (AvgIpc) is 3.49. The molecule has 31 heavy (non-hydrogen) atoms. The molecule has 1 aliphatic heterocycles. The zero-order valence-electron chi connectivity index (χ0n) is 16.1. The van der Waals surface area contributed by atoms with Crippen LogP contribution in [0.1, 0.15) is 11.1 Å². The predicted molar refractivity (Wildman–Crippen MR) is 117 cm³/mol. The van der Waals surface area contributed by atoms with Crippen molar-refractivity contribution < 1.29 is 22.7 Å². The lowest BCUT2D eigenvalue weighted by Crippen LogP contribution is -2.38. The molecule has 3 heterocycles. The lowest BCUT2D eigenvalue weighted by Gasteiger charge is -2.22. The van der Waals surface area contributed by atoms with E-state index >= 15 is 0 Å². The van der Waals surface area contributed by atoms with E-state index < -0.39 is 15.9 Å². The van der Waals surface area contributed by atoms with Crippen LogP contribution in [0.4, 0.5) is 5.69 Å². The number of hydrogen-bond acceptors (Lipinski definition) is 9. The maximum absolute atomic E-state index is 13.4. The molecule has 158 valence electrons. The second-order valence-corrected chi connectivity index (χ2v) is 9.96. The molecule has 5 rings (SSSR count). The van der Waals surface area contributed by atoms with Gasteiger partial charge in [0.05, 0.1) is 28.7 Å². The Hall–Kier alpha value is -3.02. The molecule has 4 aromatic rings. The Morgan fingerprint density at radius 2 is 1.87 bits per heavy atom. The lowest BCUT2D eigenvalue weighted by atomic mass is 10.0. The summed E-state index contributed by atoms with van der Waals surface area (Å²) in [6, 6.07) is 9.78. The first-order valence-corrected chi connectivity index (χ1v) is 12.3. The largest absolute Gasteiger partial charge is 0.454 e. The van der Waals surface area contributed by atoms with Crippen molar-refractivity contribution in [3.63, 3.8) is 0 Å². The van der Waals surface area contributed by atoms with Crippen LogP contribution in [-0.2, 0) is 21.2 Å². The molecule has 1 aliphatic rings. The van der Waals surface area contributed by atoms with Gasteiger partial charge in [-0.2, -0.15) is 20.1 Å². The third kappa shape index (κ3) is 3.54. The van der Waals surface area contributed by atoms with Crippen molar-refractivity contribution in [2.45, 2.75) is 18.2 Å². The number of thiophene rings is 1. The van der Waals surface area contributed by atoms with Crippen LogP contribution >= 0.6 is 23.1 Å². The first kappa shape index (κ1) is 19.9.